The summed E-state index contributed by atoms with van der Waals surface area (Å²) in [7, 11) is 3.80. The molecule has 2 rings (SSSR count). The molecule has 1 unspecified atom stereocenters. The number of aromatic nitrogens is 2. The summed E-state index contributed by atoms with van der Waals surface area (Å²) in [5.74, 6) is 0.789. The number of rotatable bonds is 5. The monoisotopic (exact) mass is 231 g/mol. The zero-order valence-corrected chi connectivity index (χ0v) is 10.1. The molecule has 1 aromatic heterocycles. The number of hydrogen-bond acceptors (Lipinski definition) is 3. The number of nitrogens with one attached hydrogen (secondary N) is 1. The second kappa shape index (κ2) is 5.50. The van der Waals surface area contributed by atoms with E-state index in [9.17, 15) is 0 Å². The van der Waals surface area contributed by atoms with E-state index in [0.717, 1.165) is 17.9 Å². The Labute approximate surface area is 101 Å². The highest BCUT2D eigenvalue weighted by Crippen LogP contribution is 2.20. The Morgan fingerprint density at radius 1 is 1.35 bits per heavy atom. The molecule has 1 N–H and O–H groups in total. The Hall–Kier alpha value is -1.81. The van der Waals surface area contributed by atoms with Crippen LogP contribution in [0.3, 0.4) is 0 Å². The first kappa shape index (κ1) is 11.7. The van der Waals surface area contributed by atoms with Crippen molar-refractivity contribution in [3.05, 3.63) is 48.3 Å². The Kier molecular flexibility index (Phi) is 3.77. The molecule has 0 saturated carbocycles. The first-order valence-electron chi connectivity index (χ1n) is 5.64. The highest BCUT2D eigenvalue weighted by Gasteiger charge is 2.12. The molecule has 4 nitrogen and oxygen atoms in total. The van der Waals surface area contributed by atoms with Crippen LogP contribution >= 0.6 is 0 Å². The maximum absolute atomic E-state index is 5.92. The summed E-state index contributed by atoms with van der Waals surface area (Å²) in [5, 5.41) is 7.24. The van der Waals surface area contributed by atoms with Crippen molar-refractivity contribution in [2.24, 2.45) is 7.05 Å². The molecule has 0 aliphatic carbocycles. The van der Waals surface area contributed by atoms with Gasteiger partial charge in [-0.3, -0.25) is 4.68 Å². The minimum Gasteiger partial charge on any atom is -0.481 e. The average Bonchev–Trinajstić information content (AvgIpc) is 2.75. The van der Waals surface area contributed by atoms with Crippen LogP contribution in [0.1, 0.15) is 11.7 Å². The van der Waals surface area contributed by atoms with Crippen molar-refractivity contribution < 1.29 is 4.74 Å². The molecule has 0 amide bonds. The van der Waals surface area contributed by atoms with Crippen molar-refractivity contribution in [2.45, 2.75) is 6.10 Å². The molecule has 2 aromatic rings. The van der Waals surface area contributed by atoms with Gasteiger partial charge in [0.05, 0.1) is 12.4 Å². The van der Waals surface area contributed by atoms with E-state index in [-0.39, 0.29) is 6.10 Å². The van der Waals surface area contributed by atoms with Gasteiger partial charge < -0.3 is 10.1 Å². The molecule has 0 radical (unpaired) electrons. The zero-order chi connectivity index (χ0) is 12.1. The normalized spacial score (nSPS) is 12.4. The van der Waals surface area contributed by atoms with Gasteiger partial charge in [-0.15, -0.1) is 0 Å². The highest BCUT2D eigenvalue weighted by atomic mass is 16.5. The summed E-state index contributed by atoms with van der Waals surface area (Å²) in [4.78, 5) is 0. The largest absolute Gasteiger partial charge is 0.481 e. The minimum atomic E-state index is 0.00500. The van der Waals surface area contributed by atoms with Crippen molar-refractivity contribution in [3.63, 3.8) is 0 Å². The molecule has 0 saturated heterocycles. The van der Waals surface area contributed by atoms with Crippen LogP contribution in [0.4, 0.5) is 0 Å². The number of likely N-dealkylation sites (N-methyl/N-ethyl adjacent to an activating group) is 1. The smallest absolute Gasteiger partial charge is 0.158 e. The van der Waals surface area contributed by atoms with Gasteiger partial charge in [-0.05, 0) is 12.6 Å². The van der Waals surface area contributed by atoms with Crippen LogP contribution in [-0.2, 0) is 7.05 Å². The molecule has 1 heterocycles. The molecule has 17 heavy (non-hydrogen) atoms. The molecule has 0 spiro atoms. The van der Waals surface area contributed by atoms with Crippen LogP contribution in [0.2, 0.25) is 0 Å². The number of hydrogen-bond donors (Lipinski definition) is 1. The highest BCUT2D eigenvalue weighted by molar-refractivity contribution is 5.21. The van der Waals surface area contributed by atoms with Gasteiger partial charge >= 0.3 is 0 Å². The quantitative estimate of drug-likeness (QED) is 0.852. The number of ether oxygens (including phenoxy) is 1. The summed E-state index contributed by atoms with van der Waals surface area (Å²) in [5.41, 5.74) is 1.16. The molecule has 0 aliphatic heterocycles. The van der Waals surface area contributed by atoms with E-state index in [2.05, 4.69) is 22.5 Å². The fourth-order valence-corrected chi connectivity index (χ4v) is 1.70. The first-order valence-corrected chi connectivity index (χ1v) is 5.64. The predicted molar refractivity (Wildman–Crippen MR) is 66.9 cm³/mol. The maximum atomic E-state index is 5.92. The minimum absolute atomic E-state index is 0.00500. The van der Waals surface area contributed by atoms with Crippen LogP contribution < -0.4 is 10.1 Å². The van der Waals surface area contributed by atoms with E-state index >= 15 is 0 Å². The van der Waals surface area contributed by atoms with Gasteiger partial charge in [0.2, 0.25) is 0 Å². The van der Waals surface area contributed by atoms with Crippen LogP contribution in [0.25, 0.3) is 0 Å². The van der Waals surface area contributed by atoms with E-state index < -0.39 is 0 Å². The first-order chi connectivity index (χ1) is 8.29. The third-order valence-corrected chi connectivity index (χ3v) is 2.52. The lowest BCUT2D eigenvalue weighted by Gasteiger charge is -2.17. The van der Waals surface area contributed by atoms with Gasteiger partial charge in [-0.25, -0.2) is 0 Å². The second-order valence-corrected chi connectivity index (χ2v) is 3.92. The Morgan fingerprint density at radius 3 is 2.71 bits per heavy atom. The van der Waals surface area contributed by atoms with Gasteiger partial charge in [0.15, 0.2) is 5.75 Å². The van der Waals surface area contributed by atoms with Gasteiger partial charge in [0.25, 0.3) is 0 Å². The molecular weight excluding hydrogens is 214 g/mol. The van der Waals surface area contributed by atoms with E-state index in [4.69, 9.17) is 4.74 Å². The summed E-state index contributed by atoms with van der Waals surface area (Å²) in [6.07, 6.45) is 3.60. The van der Waals surface area contributed by atoms with Crippen molar-refractivity contribution in [1.82, 2.24) is 15.1 Å². The Balaban J connectivity index is 2.13. The van der Waals surface area contributed by atoms with Gasteiger partial charge in [-0.2, -0.15) is 5.10 Å². The Morgan fingerprint density at radius 2 is 2.12 bits per heavy atom. The zero-order valence-electron chi connectivity index (χ0n) is 10.1. The maximum Gasteiger partial charge on any atom is 0.158 e. The SMILES string of the molecule is CNCC(Oc1cnn(C)c1)c1ccccc1. The number of nitrogens with zero attached hydrogens (tertiary/aromatic N) is 2. The standard InChI is InChI=1S/C13H17N3O/c1-14-9-13(11-6-4-3-5-7-11)17-12-8-15-16(2)10-12/h3-8,10,13-14H,9H2,1-2H3. The van der Waals surface area contributed by atoms with Crippen LogP contribution in [0, 0.1) is 0 Å². The van der Waals surface area contributed by atoms with Crippen molar-refractivity contribution in [3.8, 4) is 5.75 Å². The van der Waals surface area contributed by atoms with Gasteiger partial charge in [-0.1, -0.05) is 30.3 Å². The lowest BCUT2D eigenvalue weighted by Crippen LogP contribution is -2.21. The van der Waals surface area contributed by atoms with E-state index in [1.54, 1.807) is 10.9 Å². The summed E-state index contributed by atoms with van der Waals surface area (Å²) in [6, 6.07) is 10.2. The average molecular weight is 231 g/mol. The summed E-state index contributed by atoms with van der Waals surface area (Å²) in [6.45, 7) is 0.763. The van der Waals surface area contributed by atoms with E-state index in [0.29, 0.717) is 0 Å². The van der Waals surface area contributed by atoms with Crippen molar-refractivity contribution in [2.75, 3.05) is 13.6 Å². The lowest BCUT2D eigenvalue weighted by atomic mass is 10.1. The molecule has 1 aromatic carbocycles. The molecule has 0 aliphatic rings. The van der Waals surface area contributed by atoms with E-state index in [1.165, 1.54) is 0 Å². The fraction of sp³-hybridized carbons (Fsp3) is 0.308. The second-order valence-electron chi connectivity index (χ2n) is 3.92. The van der Waals surface area contributed by atoms with Crippen LogP contribution in [-0.4, -0.2) is 23.4 Å². The van der Waals surface area contributed by atoms with Gasteiger partial charge in [0, 0.05) is 13.6 Å². The van der Waals surface area contributed by atoms with Crippen LogP contribution in [0.15, 0.2) is 42.7 Å². The third kappa shape index (κ3) is 3.07. The van der Waals surface area contributed by atoms with Crippen molar-refractivity contribution in [1.29, 1.82) is 0 Å². The lowest BCUT2D eigenvalue weighted by molar-refractivity contribution is 0.205. The predicted octanol–water partition coefficient (Wildman–Crippen LogP) is 1.76. The Bertz CT molecular complexity index is 453. The number of aryl methyl sites for hydroxylation is 1. The topological polar surface area (TPSA) is 39.1 Å². The number of benzene rings is 1. The fourth-order valence-electron chi connectivity index (χ4n) is 1.70. The molecule has 1 atom stereocenters. The molecule has 0 fully saturated rings. The molecule has 90 valence electrons. The molecular formula is C13H17N3O. The molecule has 0 bridgehead atoms. The summed E-state index contributed by atoms with van der Waals surface area (Å²) >= 11 is 0. The van der Waals surface area contributed by atoms with E-state index in [1.807, 2.05) is 38.5 Å². The third-order valence-electron chi connectivity index (χ3n) is 2.52. The van der Waals surface area contributed by atoms with Crippen LogP contribution in [0.5, 0.6) is 5.75 Å². The van der Waals surface area contributed by atoms with Gasteiger partial charge in [0.1, 0.15) is 6.10 Å². The summed E-state index contributed by atoms with van der Waals surface area (Å²) < 4.78 is 7.65. The molecule has 4 heteroatoms. The van der Waals surface area contributed by atoms with Crippen molar-refractivity contribution >= 4 is 0 Å².